The van der Waals surface area contributed by atoms with Crippen LogP contribution in [-0.4, -0.2) is 19.1 Å². The van der Waals surface area contributed by atoms with Crippen molar-refractivity contribution in [1.82, 2.24) is 0 Å². The maximum Gasteiger partial charge on any atom is 0.217 e. The van der Waals surface area contributed by atoms with E-state index in [4.69, 9.17) is 20.9 Å². The summed E-state index contributed by atoms with van der Waals surface area (Å²) in [5.74, 6) is 1.17. The zero-order valence-corrected chi connectivity index (χ0v) is 12.8. The van der Waals surface area contributed by atoms with Crippen molar-refractivity contribution in [3.8, 4) is 11.5 Å². The first kappa shape index (κ1) is 15.1. The topological polar surface area (TPSA) is 87.6 Å². The first-order chi connectivity index (χ1) is 9.58. The number of fused-ring (bicyclic) bond motifs is 1. The average molecular weight is 343 g/mol. The minimum absolute atomic E-state index is 0.166. The van der Waals surface area contributed by atoms with E-state index in [1.165, 1.54) is 0 Å². The molecule has 0 aliphatic carbocycles. The van der Waals surface area contributed by atoms with Gasteiger partial charge in [0.2, 0.25) is 5.91 Å². The highest BCUT2D eigenvalue weighted by atomic mass is 79.9. The molecule has 1 amide bonds. The Balaban J connectivity index is 2.10. The van der Waals surface area contributed by atoms with E-state index in [1.54, 1.807) is 0 Å². The molecule has 0 bridgehead atoms. The molecule has 6 heteroatoms. The standard InChI is InChI=1S/C14H19BrN2O3/c15-10-8-13-12(19-5-2-6-20-13)7-9(10)11(16)3-1-4-14(17)18/h7-8,11H,1-6,16H2,(H2,17,18). The van der Waals surface area contributed by atoms with Gasteiger partial charge in [0, 0.05) is 23.4 Å². The van der Waals surface area contributed by atoms with Gasteiger partial charge < -0.3 is 20.9 Å². The molecule has 1 aliphatic rings. The lowest BCUT2D eigenvalue weighted by molar-refractivity contribution is -0.118. The van der Waals surface area contributed by atoms with Crippen LogP contribution in [0.5, 0.6) is 11.5 Å². The quantitative estimate of drug-likeness (QED) is 0.859. The number of carbonyl (C=O) groups excluding carboxylic acids is 1. The fourth-order valence-electron chi connectivity index (χ4n) is 2.14. The summed E-state index contributed by atoms with van der Waals surface area (Å²) >= 11 is 3.52. The highest BCUT2D eigenvalue weighted by molar-refractivity contribution is 9.10. The molecule has 5 nitrogen and oxygen atoms in total. The zero-order chi connectivity index (χ0) is 14.5. The monoisotopic (exact) mass is 342 g/mol. The lowest BCUT2D eigenvalue weighted by Crippen LogP contribution is -2.14. The molecule has 1 unspecified atom stereocenters. The van der Waals surface area contributed by atoms with Crippen LogP contribution in [0.2, 0.25) is 0 Å². The van der Waals surface area contributed by atoms with Crippen LogP contribution in [0.1, 0.15) is 37.3 Å². The summed E-state index contributed by atoms with van der Waals surface area (Å²) in [5.41, 5.74) is 12.3. The zero-order valence-electron chi connectivity index (χ0n) is 11.2. The molecule has 0 fully saturated rings. The van der Waals surface area contributed by atoms with Crippen molar-refractivity contribution < 1.29 is 14.3 Å². The largest absolute Gasteiger partial charge is 0.490 e. The molecular weight excluding hydrogens is 324 g/mol. The van der Waals surface area contributed by atoms with Crippen LogP contribution in [0.4, 0.5) is 0 Å². The summed E-state index contributed by atoms with van der Waals surface area (Å²) < 4.78 is 12.2. The summed E-state index contributed by atoms with van der Waals surface area (Å²) in [6.07, 6.45) is 2.60. The van der Waals surface area contributed by atoms with Crippen molar-refractivity contribution in [2.24, 2.45) is 11.5 Å². The molecular formula is C14H19BrN2O3. The predicted molar refractivity (Wildman–Crippen MR) is 79.7 cm³/mol. The number of carbonyl (C=O) groups is 1. The van der Waals surface area contributed by atoms with Crippen LogP contribution < -0.4 is 20.9 Å². The molecule has 0 radical (unpaired) electrons. The van der Waals surface area contributed by atoms with Crippen molar-refractivity contribution in [2.75, 3.05) is 13.2 Å². The Morgan fingerprint density at radius 3 is 2.60 bits per heavy atom. The van der Waals surface area contributed by atoms with Gasteiger partial charge in [-0.25, -0.2) is 0 Å². The summed E-state index contributed by atoms with van der Waals surface area (Å²) in [6, 6.07) is 3.64. The normalized spacial score (nSPS) is 15.5. The van der Waals surface area contributed by atoms with Crippen LogP contribution in [0.3, 0.4) is 0 Å². The SMILES string of the molecule is NC(=O)CCCC(N)c1cc2c(cc1Br)OCCCO2. The molecule has 1 aromatic rings. The lowest BCUT2D eigenvalue weighted by atomic mass is 10.0. The number of amides is 1. The van der Waals surface area contributed by atoms with Crippen molar-refractivity contribution in [1.29, 1.82) is 0 Å². The van der Waals surface area contributed by atoms with Crippen molar-refractivity contribution >= 4 is 21.8 Å². The predicted octanol–water partition coefficient (Wildman–Crippen LogP) is 2.27. The summed E-state index contributed by atoms with van der Waals surface area (Å²) in [6.45, 7) is 1.30. The van der Waals surface area contributed by atoms with E-state index in [2.05, 4.69) is 15.9 Å². The molecule has 2 rings (SSSR count). The van der Waals surface area contributed by atoms with E-state index in [9.17, 15) is 4.79 Å². The minimum atomic E-state index is -0.296. The van der Waals surface area contributed by atoms with E-state index in [0.717, 1.165) is 28.0 Å². The number of ether oxygens (including phenoxy) is 2. The number of halogens is 1. The van der Waals surface area contributed by atoms with E-state index >= 15 is 0 Å². The number of rotatable bonds is 5. The number of nitrogens with two attached hydrogens (primary N) is 2. The third kappa shape index (κ3) is 3.86. The third-order valence-corrected chi connectivity index (χ3v) is 3.89. The Labute approximate surface area is 126 Å². The average Bonchev–Trinajstić information content (AvgIpc) is 2.61. The molecule has 1 atom stereocenters. The summed E-state index contributed by atoms with van der Waals surface area (Å²) in [7, 11) is 0. The summed E-state index contributed by atoms with van der Waals surface area (Å²) in [5, 5.41) is 0. The second kappa shape index (κ2) is 6.95. The van der Waals surface area contributed by atoms with Crippen LogP contribution in [0.15, 0.2) is 16.6 Å². The Kier molecular flexibility index (Phi) is 5.25. The Bertz CT molecular complexity index is 494. The Morgan fingerprint density at radius 2 is 1.95 bits per heavy atom. The fraction of sp³-hybridized carbons (Fsp3) is 0.500. The van der Waals surface area contributed by atoms with Gasteiger partial charge in [-0.15, -0.1) is 0 Å². The van der Waals surface area contributed by atoms with E-state index in [1.807, 2.05) is 12.1 Å². The van der Waals surface area contributed by atoms with Crippen molar-refractivity contribution in [3.63, 3.8) is 0 Å². The van der Waals surface area contributed by atoms with Crippen molar-refractivity contribution in [3.05, 3.63) is 22.2 Å². The molecule has 20 heavy (non-hydrogen) atoms. The van der Waals surface area contributed by atoms with Gasteiger partial charge in [-0.05, 0) is 30.5 Å². The highest BCUT2D eigenvalue weighted by Gasteiger charge is 2.17. The lowest BCUT2D eigenvalue weighted by Gasteiger charge is -2.16. The minimum Gasteiger partial charge on any atom is -0.490 e. The molecule has 0 saturated heterocycles. The molecule has 0 saturated carbocycles. The van der Waals surface area contributed by atoms with Crippen molar-refractivity contribution in [2.45, 2.75) is 31.7 Å². The molecule has 1 aliphatic heterocycles. The van der Waals surface area contributed by atoms with E-state index in [-0.39, 0.29) is 11.9 Å². The highest BCUT2D eigenvalue weighted by Crippen LogP contribution is 2.37. The molecule has 1 aromatic carbocycles. The van der Waals surface area contributed by atoms with Gasteiger partial charge >= 0.3 is 0 Å². The number of hydrogen-bond donors (Lipinski definition) is 2. The second-order valence-electron chi connectivity index (χ2n) is 4.84. The van der Waals surface area contributed by atoms with Crippen LogP contribution in [0.25, 0.3) is 0 Å². The van der Waals surface area contributed by atoms with Crippen LogP contribution >= 0.6 is 15.9 Å². The van der Waals surface area contributed by atoms with Crippen LogP contribution in [-0.2, 0) is 4.79 Å². The van der Waals surface area contributed by atoms with Gasteiger partial charge in [0.15, 0.2) is 11.5 Å². The number of hydrogen-bond acceptors (Lipinski definition) is 4. The molecule has 1 heterocycles. The van der Waals surface area contributed by atoms with E-state index in [0.29, 0.717) is 32.5 Å². The molecule has 4 N–H and O–H groups in total. The fourth-order valence-corrected chi connectivity index (χ4v) is 2.75. The Hall–Kier alpha value is -1.27. The molecule has 0 spiro atoms. The number of benzene rings is 1. The van der Waals surface area contributed by atoms with Gasteiger partial charge in [0.25, 0.3) is 0 Å². The first-order valence-electron chi connectivity index (χ1n) is 6.71. The maximum atomic E-state index is 10.7. The van der Waals surface area contributed by atoms with Gasteiger partial charge in [-0.3, -0.25) is 4.79 Å². The summed E-state index contributed by atoms with van der Waals surface area (Å²) in [4.78, 5) is 10.7. The van der Waals surface area contributed by atoms with Gasteiger partial charge in [0.1, 0.15) is 0 Å². The number of primary amides is 1. The second-order valence-corrected chi connectivity index (χ2v) is 5.69. The van der Waals surface area contributed by atoms with Gasteiger partial charge in [0.05, 0.1) is 13.2 Å². The third-order valence-electron chi connectivity index (χ3n) is 3.20. The van der Waals surface area contributed by atoms with Gasteiger partial charge in [-0.2, -0.15) is 0 Å². The molecule has 110 valence electrons. The maximum absolute atomic E-state index is 10.7. The van der Waals surface area contributed by atoms with Gasteiger partial charge in [-0.1, -0.05) is 15.9 Å². The van der Waals surface area contributed by atoms with E-state index < -0.39 is 0 Å². The van der Waals surface area contributed by atoms with Crippen LogP contribution in [0, 0.1) is 0 Å². The smallest absolute Gasteiger partial charge is 0.217 e. The molecule has 0 aromatic heterocycles. The Morgan fingerprint density at radius 1 is 1.30 bits per heavy atom. The first-order valence-corrected chi connectivity index (χ1v) is 7.50.